The summed E-state index contributed by atoms with van der Waals surface area (Å²) in [6.07, 6.45) is 3.28. The van der Waals surface area contributed by atoms with E-state index < -0.39 is 17.8 Å². The number of nitrogens with zero attached hydrogens (tertiary/aromatic N) is 6. The van der Waals surface area contributed by atoms with Gasteiger partial charge < -0.3 is 34.3 Å². The first kappa shape index (κ1) is 42.1. The monoisotopic (exact) mass is 806 g/mol. The van der Waals surface area contributed by atoms with E-state index in [0.29, 0.717) is 42.5 Å². The van der Waals surface area contributed by atoms with Gasteiger partial charge in [0.2, 0.25) is 5.91 Å². The highest BCUT2D eigenvalue weighted by Crippen LogP contribution is 2.33. The molecule has 0 unspecified atom stereocenters. The second-order valence-corrected chi connectivity index (χ2v) is 15.1. The molecule has 4 aromatic rings. The van der Waals surface area contributed by atoms with Crippen molar-refractivity contribution in [2.24, 2.45) is 0 Å². The number of anilines is 1. The third kappa shape index (κ3) is 10.9. The summed E-state index contributed by atoms with van der Waals surface area (Å²) in [5.41, 5.74) is 2.85. The van der Waals surface area contributed by atoms with Gasteiger partial charge in [0.05, 0.1) is 11.8 Å². The van der Waals surface area contributed by atoms with Gasteiger partial charge >= 0.3 is 12.2 Å². The Kier molecular flexibility index (Phi) is 13.6. The molecule has 3 fully saturated rings. The normalized spacial score (nSPS) is 17.5. The first-order valence-electron chi connectivity index (χ1n) is 19.5. The number of hydrogen-bond acceptors (Lipinski definition) is 9. The molecule has 0 spiro atoms. The molecule has 7 rings (SSSR count). The summed E-state index contributed by atoms with van der Waals surface area (Å²) in [4.78, 5) is 60.1. The zero-order chi connectivity index (χ0) is 41.4. The van der Waals surface area contributed by atoms with Gasteiger partial charge in [-0.2, -0.15) is 13.2 Å². The fourth-order valence-corrected chi connectivity index (χ4v) is 7.67. The first-order valence-corrected chi connectivity index (χ1v) is 19.5. The molecule has 1 aromatic carbocycles. The number of piperidine rings is 2. The number of imidazole rings is 1. The van der Waals surface area contributed by atoms with Gasteiger partial charge in [-0.25, -0.2) is 14.8 Å². The molecule has 58 heavy (non-hydrogen) atoms. The van der Waals surface area contributed by atoms with Gasteiger partial charge in [-0.15, -0.1) is 0 Å². The second-order valence-electron chi connectivity index (χ2n) is 15.1. The minimum absolute atomic E-state index is 0.216. The Bertz CT molecular complexity index is 2060. The summed E-state index contributed by atoms with van der Waals surface area (Å²) < 4.78 is 47.5. The third-order valence-corrected chi connectivity index (χ3v) is 10.7. The summed E-state index contributed by atoms with van der Waals surface area (Å²) >= 11 is 0. The van der Waals surface area contributed by atoms with Crippen LogP contribution in [0.4, 0.5) is 23.7 Å². The van der Waals surface area contributed by atoms with Crippen LogP contribution < -0.4 is 15.4 Å². The smallest absolute Gasteiger partial charge is 0.433 e. The highest BCUT2D eigenvalue weighted by molar-refractivity contribution is 6.03. The number of carboxylic acid groups (broad SMARTS) is 1. The van der Waals surface area contributed by atoms with Gasteiger partial charge in [-0.1, -0.05) is 30.3 Å². The Morgan fingerprint density at radius 3 is 2.19 bits per heavy atom. The molecule has 17 heteroatoms. The lowest BCUT2D eigenvalue weighted by molar-refractivity contribution is -0.141. The van der Waals surface area contributed by atoms with Crippen molar-refractivity contribution in [1.82, 2.24) is 34.4 Å². The lowest BCUT2D eigenvalue weighted by Crippen LogP contribution is -2.48. The van der Waals surface area contributed by atoms with E-state index >= 15 is 0 Å². The maximum absolute atomic E-state index is 13.2. The second kappa shape index (κ2) is 18.8. The van der Waals surface area contributed by atoms with E-state index in [2.05, 4.69) is 49.7 Å². The molecule has 3 aliphatic rings. The Hall–Kier alpha value is -5.55. The van der Waals surface area contributed by atoms with Gasteiger partial charge in [0.1, 0.15) is 28.5 Å². The van der Waals surface area contributed by atoms with E-state index in [4.69, 9.17) is 19.6 Å². The molecule has 310 valence electrons. The summed E-state index contributed by atoms with van der Waals surface area (Å²) in [6, 6.07) is 13.2. The van der Waals surface area contributed by atoms with Crippen LogP contribution in [-0.2, 0) is 22.3 Å². The Morgan fingerprint density at radius 2 is 1.59 bits per heavy atom. The van der Waals surface area contributed by atoms with Crippen LogP contribution in [0.1, 0.15) is 90.8 Å². The van der Waals surface area contributed by atoms with Crippen molar-refractivity contribution in [3.8, 4) is 5.75 Å². The molecule has 6 heterocycles. The minimum Gasteiger partial charge on any atom is -0.489 e. The van der Waals surface area contributed by atoms with Gasteiger partial charge in [0, 0.05) is 57.0 Å². The molecule has 0 saturated carbocycles. The predicted molar refractivity (Wildman–Crippen MR) is 209 cm³/mol. The standard InChI is InChI=1S/C40H47F3N8O4.CH2O2/c1-26(2)55-34-22-36-45-32(24-51(36)25-33(34)46-38(53)31-4-3-5-35(44-31)40(41,42)43)30-12-17-49(18-13-30)21-20-48-15-10-29(11-16-48)28-8-6-27(7-9-28)23-50-19-14-37(52)47-39(50)54;2-1-3/h3-9,22,24-26,29-30H,10-21,23H2,1-2H3,(H,46,53)(H,47,52,54);1H,(H,2,3). The Morgan fingerprint density at radius 1 is 0.948 bits per heavy atom. The zero-order valence-corrected chi connectivity index (χ0v) is 32.6. The molecule has 3 saturated heterocycles. The highest BCUT2D eigenvalue weighted by atomic mass is 19.4. The lowest BCUT2D eigenvalue weighted by Gasteiger charge is -2.36. The molecule has 3 N–H and O–H groups in total. The van der Waals surface area contributed by atoms with E-state index in [1.807, 2.05) is 24.4 Å². The fraction of sp³-hybridized carbons (Fsp3) is 0.463. The number of alkyl halides is 3. The van der Waals surface area contributed by atoms with Crippen LogP contribution >= 0.6 is 0 Å². The molecule has 14 nitrogen and oxygen atoms in total. The zero-order valence-electron chi connectivity index (χ0n) is 32.6. The highest BCUT2D eigenvalue weighted by Gasteiger charge is 2.33. The number of ether oxygens (including phenoxy) is 1. The number of fused-ring (bicyclic) bond motifs is 1. The van der Waals surface area contributed by atoms with E-state index in [9.17, 15) is 27.6 Å². The van der Waals surface area contributed by atoms with Crippen LogP contribution in [-0.4, -0.2) is 110 Å². The van der Waals surface area contributed by atoms with Gasteiger partial charge in [-0.3, -0.25) is 19.7 Å². The van der Waals surface area contributed by atoms with Crippen molar-refractivity contribution < 1.29 is 42.2 Å². The number of hydrogen-bond donors (Lipinski definition) is 3. The largest absolute Gasteiger partial charge is 0.489 e. The maximum atomic E-state index is 13.2. The number of nitrogens with one attached hydrogen (secondary N) is 2. The Labute approximate surface area is 334 Å². The molecular formula is C41H49F3N8O6. The number of carbonyl (C=O) groups is 4. The predicted octanol–water partition coefficient (Wildman–Crippen LogP) is 5.99. The number of likely N-dealkylation sites (tertiary alicyclic amines) is 2. The molecule has 3 aromatic heterocycles. The summed E-state index contributed by atoms with van der Waals surface area (Å²) in [5, 5.41) is 12.0. The van der Waals surface area contributed by atoms with Crippen molar-refractivity contribution in [2.75, 3.05) is 51.1 Å². The first-order chi connectivity index (χ1) is 27.8. The molecule has 4 amide bonds. The number of carbonyl (C=O) groups excluding carboxylic acids is 3. The Balaban J connectivity index is 0.00000183. The average Bonchev–Trinajstić information content (AvgIpc) is 3.61. The molecular weight excluding hydrogens is 757 g/mol. The van der Waals surface area contributed by atoms with Crippen molar-refractivity contribution in [3.63, 3.8) is 0 Å². The minimum atomic E-state index is -4.66. The van der Waals surface area contributed by atoms with Gasteiger partial charge in [0.15, 0.2) is 0 Å². The number of aromatic nitrogens is 3. The summed E-state index contributed by atoms with van der Waals surface area (Å²) in [6.45, 7) is 10.5. The van der Waals surface area contributed by atoms with Crippen molar-refractivity contribution >= 4 is 35.7 Å². The number of amides is 4. The topological polar surface area (TPSA) is 162 Å². The summed E-state index contributed by atoms with van der Waals surface area (Å²) in [7, 11) is 0. The lowest BCUT2D eigenvalue weighted by atomic mass is 9.89. The van der Waals surface area contributed by atoms with Crippen molar-refractivity contribution in [2.45, 2.75) is 76.6 Å². The maximum Gasteiger partial charge on any atom is 0.433 e. The van der Waals surface area contributed by atoms with E-state index in [0.717, 1.165) is 88.3 Å². The van der Waals surface area contributed by atoms with Crippen LogP contribution in [0.2, 0.25) is 0 Å². The number of benzene rings is 1. The fourth-order valence-electron chi connectivity index (χ4n) is 7.67. The number of rotatable bonds is 11. The molecule has 0 bridgehead atoms. The van der Waals surface area contributed by atoms with Gasteiger partial charge in [-0.05, 0) is 94.9 Å². The third-order valence-electron chi connectivity index (χ3n) is 10.7. The van der Waals surface area contributed by atoms with E-state index in [-0.39, 0.29) is 36.1 Å². The molecule has 3 aliphatic heterocycles. The molecule has 0 radical (unpaired) electrons. The van der Waals surface area contributed by atoms with Crippen LogP contribution in [0.25, 0.3) is 5.65 Å². The van der Waals surface area contributed by atoms with Crippen LogP contribution in [0, 0.1) is 0 Å². The number of pyridine rings is 2. The van der Waals surface area contributed by atoms with Crippen LogP contribution in [0.3, 0.4) is 0 Å². The van der Waals surface area contributed by atoms with Crippen molar-refractivity contribution in [1.29, 1.82) is 0 Å². The van der Waals surface area contributed by atoms with E-state index in [1.54, 1.807) is 17.2 Å². The average molecular weight is 807 g/mol. The SMILES string of the molecule is CC(C)Oc1cc2nc(C3CCN(CCN4CCC(c5ccc(CN6CCC(=O)NC6=O)cc5)CC4)CC3)cn2cc1NC(=O)c1cccc(C(F)(F)F)n1.O=CO. The number of imide groups is 1. The number of halogens is 3. The molecule has 0 aliphatic carbocycles. The van der Waals surface area contributed by atoms with E-state index in [1.165, 1.54) is 11.6 Å². The van der Waals surface area contributed by atoms with Gasteiger partial charge in [0.25, 0.3) is 12.4 Å². The molecule has 0 atom stereocenters. The van der Waals surface area contributed by atoms with Crippen LogP contribution in [0.5, 0.6) is 5.75 Å². The number of urea groups is 1. The van der Waals surface area contributed by atoms with Crippen LogP contribution in [0.15, 0.2) is 60.9 Å². The van der Waals surface area contributed by atoms with Crippen molar-refractivity contribution in [3.05, 3.63) is 89.1 Å². The summed E-state index contributed by atoms with van der Waals surface area (Å²) in [5.74, 6) is 0.185. The quantitative estimate of drug-likeness (QED) is 0.154.